The second-order valence-electron chi connectivity index (χ2n) is 8.90. The van der Waals surface area contributed by atoms with E-state index >= 15 is 0 Å². The van der Waals surface area contributed by atoms with Gasteiger partial charge in [-0.2, -0.15) is 0 Å². The van der Waals surface area contributed by atoms with E-state index in [1.165, 1.54) is 5.56 Å². The van der Waals surface area contributed by atoms with E-state index in [1.54, 1.807) is 0 Å². The second-order valence-corrected chi connectivity index (χ2v) is 8.90. The molecule has 0 aliphatic carbocycles. The Morgan fingerprint density at radius 2 is 1.69 bits per heavy atom. The van der Waals surface area contributed by atoms with Gasteiger partial charge in [-0.3, -0.25) is 10.3 Å². The lowest BCUT2D eigenvalue weighted by molar-refractivity contribution is 0.0636. The fraction of sp³-hybridized carbons (Fsp3) is 0.636. The molecule has 0 spiro atoms. The Hall–Kier alpha value is -2.28. The fourth-order valence-corrected chi connectivity index (χ4v) is 2.26. The molecule has 3 N–H and O–H groups in total. The van der Waals surface area contributed by atoms with Crippen molar-refractivity contribution in [3.8, 4) is 0 Å². The molecule has 0 radical (unpaired) electrons. The lowest BCUT2D eigenvalue weighted by Gasteiger charge is -2.31. The molecule has 1 aromatic rings. The molecular weight excluding hydrogens is 366 g/mol. The Morgan fingerprint density at radius 1 is 1.07 bits per heavy atom. The first-order valence-electron chi connectivity index (χ1n) is 10.2. The molecule has 0 saturated heterocycles. The zero-order valence-corrected chi connectivity index (χ0v) is 19.3. The highest BCUT2D eigenvalue weighted by Crippen LogP contribution is 2.13. The van der Waals surface area contributed by atoms with E-state index < -0.39 is 11.7 Å². The summed E-state index contributed by atoms with van der Waals surface area (Å²) in [4.78, 5) is 18.7. The number of rotatable bonds is 8. The Kier molecular flexibility index (Phi) is 9.43. The van der Waals surface area contributed by atoms with Crippen molar-refractivity contribution in [1.82, 2.24) is 15.5 Å². The van der Waals surface area contributed by atoms with Crippen molar-refractivity contribution < 1.29 is 9.53 Å². The first kappa shape index (κ1) is 24.8. The van der Waals surface area contributed by atoms with Crippen molar-refractivity contribution in [2.45, 2.75) is 59.1 Å². The summed E-state index contributed by atoms with van der Waals surface area (Å²) in [6.45, 7) is 14.2. The lowest BCUT2D eigenvalue weighted by atomic mass is 10.1. The van der Waals surface area contributed by atoms with Gasteiger partial charge in [0.05, 0.1) is 6.54 Å². The van der Waals surface area contributed by atoms with Gasteiger partial charge in [0.25, 0.3) is 0 Å². The highest BCUT2D eigenvalue weighted by Gasteiger charge is 2.20. The van der Waals surface area contributed by atoms with Crippen molar-refractivity contribution in [2.75, 3.05) is 39.0 Å². The Morgan fingerprint density at radius 3 is 2.21 bits per heavy atom. The van der Waals surface area contributed by atoms with Crippen LogP contribution in [-0.2, 0) is 11.2 Å². The van der Waals surface area contributed by atoms with E-state index in [1.807, 2.05) is 45.0 Å². The molecule has 1 aromatic carbocycles. The number of nitrogens with one attached hydrogen (secondary N) is 3. The molecule has 0 bridgehead atoms. The normalized spacial score (nSPS) is 12.7. The Bertz CT molecular complexity index is 661. The first-order valence-corrected chi connectivity index (χ1v) is 10.2. The second kappa shape index (κ2) is 11.0. The van der Waals surface area contributed by atoms with Crippen molar-refractivity contribution >= 4 is 17.7 Å². The van der Waals surface area contributed by atoms with Crippen LogP contribution in [0.5, 0.6) is 0 Å². The maximum atomic E-state index is 11.8. The maximum Gasteiger partial charge on any atom is 0.412 e. The average molecular weight is 406 g/mol. The van der Waals surface area contributed by atoms with Gasteiger partial charge in [-0.15, -0.1) is 0 Å². The quantitative estimate of drug-likeness (QED) is 0.456. The summed E-state index contributed by atoms with van der Waals surface area (Å²) < 4.78 is 5.26. The molecule has 0 atom stereocenters. The topological polar surface area (TPSA) is 78.0 Å². The Labute approximate surface area is 176 Å². The lowest BCUT2D eigenvalue weighted by Crippen LogP contribution is -2.44. The molecule has 29 heavy (non-hydrogen) atoms. The van der Waals surface area contributed by atoms with E-state index in [4.69, 9.17) is 9.73 Å². The van der Waals surface area contributed by atoms with Gasteiger partial charge in [-0.1, -0.05) is 12.1 Å². The standard InChI is InChI=1S/C22H39N5O2/c1-9-23-19(25-16-22(5,6)27(7)8)24-15-14-17-10-12-18(13-11-17)26-20(28)29-21(2,3)4/h10-13H,9,14-16H2,1-8H3,(H,26,28)(H2,23,24,25). The molecule has 0 heterocycles. The van der Waals surface area contributed by atoms with Crippen LogP contribution in [0, 0.1) is 0 Å². The molecule has 0 aromatic heterocycles. The number of carbonyl (C=O) groups is 1. The van der Waals surface area contributed by atoms with Gasteiger partial charge < -0.3 is 20.3 Å². The van der Waals surface area contributed by atoms with Crippen LogP contribution in [0.15, 0.2) is 29.3 Å². The van der Waals surface area contributed by atoms with Crippen molar-refractivity contribution in [3.63, 3.8) is 0 Å². The summed E-state index contributed by atoms with van der Waals surface area (Å²) in [5.41, 5.74) is 1.39. The van der Waals surface area contributed by atoms with Crippen LogP contribution >= 0.6 is 0 Å². The van der Waals surface area contributed by atoms with E-state index in [9.17, 15) is 4.79 Å². The SMILES string of the molecule is CCNC(=NCC(C)(C)N(C)C)NCCc1ccc(NC(=O)OC(C)(C)C)cc1. The van der Waals surface area contributed by atoms with Crippen molar-refractivity contribution in [2.24, 2.45) is 4.99 Å². The molecule has 1 rings (SSSR count). The monoisotopic (exact) mass is 405 g/mol. The van der Waals surface area contributed by atoms with Crippen LogP contribution < -0.4 is 16.0 Å². The van der Waals surface area contributed by atoms with E-state index in [0.29, 0.717) is 6.54 Å². The number of nitrogens with zero attached hydrogens (tertiary/aromatic N) is 2. The summed E-state index contributed by atoms with van der Waals surface area (Å²) >= 11 is 0. The van der Waals surface area contributed by atoms with Crippen molar-refractivity contribution in [1.29, 1.82) is 0 Å². The van der Waals surface area contributed by atoms with Crippen LogP contribution in [0.1, 0.15) is 47.1 Å². The van der Waals surface area contributed by atoms with Crippen LogP contribution in [-0.4, -0.2) is 61.8 Å². The Balaban J connectivity index is 2.54. The third-order valence-corrected chi connectivity index (χ3v) is 4.48. The largest absolute Gasteiger partial charge is 0.444 e. The molecule has 0 aliphatic heterocycles. The van der Waals surface area contributed by atoms with Gasteiger partial charge in [0, 0.05) is 24.3 Å². The third kappa shape index (κ3) is 10.2. The number of hydrogen-bond donors (Lipinski definition) is 3. The van der Waals surface area contributed by atoms with Gasteiger partial charge in [-0.05, 0) is 79.8 Å². The van der Waals surface area contributed by atoms with Crippen LogP contribution in [0.3, 0.4) is 0 Å². The molecule has 164 valence electrons. The molecular formula is C22H39N5O2. The van der Waals surface area contributed by atoms with Crippen LogP contribution in [0.4, 0.5) is 10.5 Å². The summed E-state index contributed by atoms with van der Waals surface area (Å²) in [6.07, 6.45) is 0.410. The van der Waals surface area contributed by atoms with Crippen LogP contribution in [0.25, 0.3) is 0 Å². The predicted octanol–water partition coefficient (Wildman–Crippen LogP) is 3.47. The molecule has 7 nitrogen and oxygen atoms in total. The summed E-state index contributed by atoms with van der Waals surface area (Å²) in [5, 5.41) is 9.42. The van der Waals surface area contributed by atoms with Gasteiger partial charge in [0.1, 0.15) is 5.60 Å². The number of amides is 1. The van der Waals surface area contributed by atoms with Gasteiger partial charge in [-0.25, -0.2) is 4.79 Å². The number of benzene rings is 1. The summed E-state index contributed by atoms with van der Waals surface area (Å²) in [7, 11) is 4.13. The van der Waals surface area contributed by atoms with Gasteiger partial charge in [0.15, 0.2) is 5.96 Å². The van der Waals surface area contributed by atoms with E-state index in [-0.39, 0.29) is 5.54 Å². The molecule has 1 amide bonds. The van der Waals surface area contributed by atoms with Gasteiger partial charge >= 0.3 is 6.09 Å². The number of likely N-dealkylation sites (N-methyl/N-ethyl adjacent to an activating group) is 1. The van der Waals surface area contributed by atoms with E-state index in [0.717, 1.165) is 31.2 Å². The summed E-state index contributed by atoms with van der Waals surface area (Å²) in [5.74, 6) is 0.825. The van der Waals surface area contributed by atoms with E-state index in [2.05, 4.69) is 55.7 Å². The predicted molar refractivity (Wildman–Crippen MR) is 122 cm³/mol. The minimum absolute atomic E-state index is 0.000674. The molecule has 0 saturated carbocycles. The highest BCUT2D eigenvalue weighted by atomic mass is 16.6. The zero-order valence-electron chi connectivity index (χ0n) is 19.3. The first-order chi connectivity index (χ1) is 13.4. The minimum atomic E-state index is -0.511. The maximum absolute atomic E-state index is 11.8. The zero-order chi connectivity index (χ0) is 22.1. The van der Waals surface area contributed by atoms with Gasteiger partial charge in [0.2, 0.25) is 0 Å². The van der Waals surface area contributed by atoms with Crippen molar-refractivity contribution in [3.05, 3.63) is 29.8 Å². The molecule has 7 heteroatoms. The number of carbonyl (C=O) groups excluding carboxylic acids is 1. The number of hydrogen-bond acceptors (Lipinski definition) is 4. The number of aliphatic imine (C=N–C) groups is 1. The third-order valence-electron chi connectivity index (χ3n) is 4.48. The highest BCUT2D eigenvalue weighted by molar-refractivity contribution is 5.84. The minimum Gasteiger partial charge on any atom is -0.444 e. The molecule has 0 aliphatic rings. The number of guanidine groups is 1. The van der Waals surface area contributed by atoms with Crippen LogP contribution in [0.2, 0.25) is 0 Å². The summed E-state index contributed by atoms with van der Waals surface area (Å²) in [6, 6.07) is 7.79. The fourth-order valence-electron chi connectivity index (χ4n) is 2.26. The molecule has 0 unspecified atom stereocenters. The average Bonchev–Trinajstić information content (AvgIpc) is 2.59. The smallest absolute Gasteiger partial charge is 0.412 e. The number of anilines is 1. The molecule has 0 fully saturated rings. The number of ether oxygens (including phenoxy) is 1.